The zero-order valence-corrected chi connectivity index (χ0v) is 13.5. The lowest BCUT2D eigenvalue weighted by Crippen LogP contribution is -2.51. The molecule has 2 aromatic rings. The highest BCUT2D eigenvalue weighted by atomic mass is 79.9. The highest BCUT2D eigenvalue weighted by Gasteiger charge is 2.26. The van der Waals surface area contributed by atoms with Gasteiger partial charge in [0, 0.05) is 33.7 Å². The van der Waals surface area contributed by atoms with Crippen LogP contribution < -0.4 is 4.74 Å². The summed E-state index contributed by atoms with van der Waals surface area (Å²) >= 11 is 9.81. The van der Waals surface area contributed by atoms with Gasteiger partial charge in [0.05, 0.1) is 0 Å². The van der Waals surface area contributed by atoms with Crippen LogP contribution in [0.15, 0.2) is 46.9 Å². The van der Waals surface area contributed by atoms with Crippen LogP contribution in [0.25, 0.3) is 11.1 Å². The molecule has 20 heavy (non-hydrogen) atoms. The quantitative estimate of drug-likeness (QED) is 0.808. The zero-order valence-electron chi connectivity index (χ0n) is 11.1. The minimum absolute atomic E-state index is 0.260. The van der Waals surface area contributed by atoms with E-state index in [1.54, 1.807) is 0 Å². The Morgan fingerprint density at radius 1 is 1.15 bits per heavy atom. The number of hydrogen-bond acceptors (Lipinski definition) is 2. The van der Waals surface area contributed by atoms with Crippen LogP contribution in [0.5, 0.6) is 5.75 Å². The maximum atomic E-state index is 6.30. The molecule has 1 heterocycles. The SMILES string of the molecule is CN1CC(Oc2cc(Br)ccc2-c2ccccc2Cl)C1. The minimum Gasteiger partial charge on any atom is -0.487 e. The largest absolute Gasteiger partial charge is 0.487 e. The second-order valence-corrected chi connectivity index (χ2v) is 6.40. The molecule has 0 aliphatic carbocycles. The van der Waals surface area contributed by atoms with E-state index >= 15 is 0 Å². The molecule has 4 heteroatoms. The lowest BCUT2D eigenvalue weighted by molar-refractivity contribution is 0.0392. The van der Waals surface area contributed by atoms with E-state index in [0.29, 0.717) is 0 Å². The van der Waals surface area contributed by atoms with E-state index in [1.807, 2.05) is 42.5 Å². The van der Waals surface area contributed by atoms with Gasteiger partial charge in [0.25, 0.3) is 0 Å². The highest BCUT2D eigenvalue weighted by Crippen LogP contribution is 2.37. The van der Waals surface area contributed by atoms with Crippen molar-refractivity contribution in [1.29, 1.82) is 0 Å². The molecule has 1 aliphatic heterocycles. The van der Waals surface area contributed by atoms with Gasteiger partial charge in [-0.15, -0.1) is 0 Å². The van der Waals surface area contributed by atoms with Crippen molar-refractivity contribution < 1.29 is 4.74 Å². The summed E-state index contributed by atoms with van der Waals surface area (Å²) < 4.78 is 7.12. The van der Waals surface area contributed by atoms with Crippen LogP contribution in [0.1, 0.15) is 0 Å². The Hall–Kier alpha value is -1.03. The van der Waals surface area contributed by atoms with Crippen LogP contribution in [0, 0.1) is 0 Å². The van der Waals surface area contributed by atoms with E-state index in [-0.39, 0.29) is 6.10 Å². The standard InChI is InChI=1S/C16H15BrClNO/c1-19-9-12(10-19)20-16-8-11(17)6-7-14(16)13-4-2-3-5-15(13)18/h2-8,12H,9-10H2,1H3. The van der Waals surface area contributed by atoms with Crippen molar-refractivity contribution in [1.82, 2.24) is 4.90 Å². The smallest absolute Gasteiger partial charge is 0.128 e. The Morgan fingerprint density at radius 3 is 2.60 bits per heavy atom. The molecule has 1 saturated heterocycles. The average Bonchev–Trinajstić information content (AvgIpc) is 2.38. The van der Waals surface area contributed by atoms with Crippen LogP contribution in [0.2, 0.25) is 5.02 Å². The summed E-state index contributed by atoms with van der Waals surface area (Å²) in [6.45, 7) is 1.93. The number of nitrogens with zero attached hydrogens (tertiary/aromatic N) is 1. The van der Waals surface area contributed by atoms with Gasteiger partial charge in [-0.25, -0.2) is 0 Å². The average molecular weight is 353 g/mol. The highest BCUT2D eigenvalue weighted by molar-refractivity contribution is 9.10. The maximum absolute atomic E-state index is 6.30. The minimum atomic E-state index is 0.260. The molecular formula is C16H15BrClNO. The lowest BCUT2D eigenvalue weighted by Gasteiger charge is -2.36. The fraction of sp³-hybridized carbons (Fsp3) is 0.250. The van der Waals surface area contributed by atoms with E-state index in [9.17, 15) is 0 Å². The monoisotopic (exact) mass is 351 g/mol. The van der Waals surface area contributed by atoms with Gasteiger partial charge in [-0.1, -0.05) is 45.7 Å². The van der Waals surface area contributed by atoms with Crippen LogP contribution in [-0.4, -0.2) is 31.1 Å². The number of hydrogen-bond donors (Lipinski definition) is 0. The number of ether oxygens (including phenoxy) is 1. The first-order chi connectivity index (χ1) is 9.63. The zero-order chi connectivity index (χ0) is 14.1. The first kappa shape index (κ1) is 13.9. The van der Waals surface area contributed by atoms with E-state index in [4.69, 9.17) is 16.3 Å². The van der Waals surface area contributed by atoms with Gasteiger partial charge in [0.2, 0.25) is 0 Å². The summed E-state index contributed by atoms with van der Waals surface area (Å²) in [5.74, 6) is 0.880. The van der Waals surface area contributed by atoms with Gasteiger partial charge >= 0.3 is 0 Å². The summed E-state index contributed by atoms with van der Waals surface area (Å²) in [6.07, 6.45) is 0.260. The number of halogens is 2. The van der Waals surface area contributed by atoms with Crippen LogP contribution in [0.4, 0.5) is 0 Å². The van der Waals surface area contributed by atoms with Gasteiger partial charge < -0.3 is 4.74 Å². The lowest BCUT2D eigenvalue weighted by atomic mass is 10.0. The molecule has 0 aromatic heterocycles. The predicted octanol–water partition coefficient (Wildman–Crippen LogP) is 4.46. The van der Waals surface area contributed by atoms with Gasteiger partial charge in [-0.3, -0.25) is 4.90 Å². The molecule has 0 radical (unpaired) electrons. The second-order valence-electron chi connectivity index (χ2n) is 5.08. The second kappa shape index (κ2) is 5.76. The molecule has 0 N–H and O–H groups in total. The molecule has 0 saturated carbocycles. The molecule has 0 spiro atoms. The van der Waals surface area contributed by atoms with E-state index in [2.05, 4.69) is 27.9 Å². The van der Waals surface area contributed by atoms with Crippen molar-refractivity contribution in [3.8, 4) is 16.9 Å². The van der Waals surface area contributed by atoms with Crippen LogP contribution in [-0.2, 0) is 0 Å². The van der Waals surface area contributed by atoms with Crippen molar-refractivity contribution in [3.63, 3.8) is 0 Å². The van der Waals surface area contributed by atoms with Crippen molar-refractivity contribution >= 4 is 27.5 Å². The predicted molar refractivity (Wildman–Crippen MR) is 86.5 cm³/mol. The van der Waals surface area contributed by atoms with Crippen molar-refractivity contribution in [2.75, 3.05) is 20.1 Å². The summed E-state index contributed by atoms with van der Waals surface area (Å²) in [4.78, 5) is 2.23. The summed E-state index contributed by atoms with van der Waals surface area (Å²) in [5.41, 5.74) is 2.04. The Labute approximate surface area is 132 Å². The third kappa shape index (κ3) is 2.85. The summed E-state index contributed by atoms with van der Waals surface area (Å²) in [7, 11) is 2.09. The van der Waals surface area contributed by atoms with E-state index in [0.717, 1.165) is 39.5 Å². The maximum Gasteiger partial charge on any atom is 0.128 e. The van der Waals surface area contributed by atoms with Gasteiger partial charge in [-0.05, 0) is 31.3 Å². The summed E-state index contributed by atoms with van der Waals surface area (Å²) in [6, 6.07) is 13.9. The van der Waals surface area contributed by atoms with Gasteiger partial charge in [-0.2, -0.15) is 0 Å². The molecule has 1 fully saturated rings. The first-order valence-electron chi connectivity index (χ1n) is 6.53. The Morgan fingerprint density at radius 2 is 1.90 bits per heavy atom. The van der Waals surface area contributed by atoms with E-state index < -0.39 is 0 Å². The van der Waals surface area contributed by atoms with Gasteiger partial charge in [0.15, 0.2) is 0 Å². The molecule has 0 atom stereocenters. The number of likely N-dealkylation sites (N-methyl/N-ethyl adjacent to an activating group) is 1. The van der Waals surface area contributed by atoms with Gasteiger partial charge in [0.1, 0.15) is 11.9 Å². The number of rotatable bonds is 3. The molecular weight excluding hydrogens is 338 g/mol. The molecule has 104 valence electrons. The Balaban J connectivity index is 1.96. The number of benzene rings is 2. The third-order valence-electron chi connectivity index (χ3n) is 3.43. The molecule has 0 bridgehead atoms. The first-order valence-corrected chi connectivity index (χ1v) is 7.70. The van der Waals surface area contributed by atoms with Crippen LogP contribution in [0.3, 0.4) is 0 Å². The van der Waals surface area contributed by atoms with Crippen LogP contribution >= 0.6 is 27.5 Å². The van der Waals surface area contributed by atoms with Crippen molar-refractivity contribution in [2.45, 2.75) is 6.10 Å². The number of likely N-dealkylation sites (tertiary alicyclic amines) is 1. The fourth-order valence-corrected chi connectivity index (χ4v) is 2.97. The topological polar surface area (TPSA) is 12.5 Å². The molecule has 1 aliphatic rings. The summed E-state index contributed by atoms with van der Waals surface area (Å²) in [5, 5.41) is 0.741. The Kier molecular flexibility index (Phi) is 4.01. The molecule has 3 rings (SSSR count). The normalized spacial score (nSPS) is 15.9. The molecule has 0 amide bonds. The molecule has 2 nitrogen and oxygen atoms in total. The Bertz CT molecular complexity index is 626. The molecule has 2 aromatic carbocycles. The van der Waals surface area contributed by atoms with Crippen molar-refractivity contribution in [3.05, 3.63) is 52.0 Å². The van der Waals surface area contributed by atoms with Crippen molar-refractivity contribution in [2.24, 2.45) is 0 Å². The fourth-order valence-electron chi connectivity index (χ4n) is 2.39. The van der Waals surface area contributed by atoms with E-state index in [1.165, 1.54) is 0 Å². The third-order valence-corrected chi connectivity index (χ3v) is 4.25. The molecule has 0 unspecified atom stereocenters.